The number of nitrogens with zero attached hydrogens (tertiary/aromatic N) is 3. The summed E-state index contributed by atoms with van der Waals surface area (Å²) in [6.45, 7) is 3.59. The molecular weight excluding hydrogens is 344 g/mol. The molecule has 0 aromatic carbocycles. The van der Waals surface area contributed by atoms with Gasteiger partial charge in [0.1, 0.15) is 4.83 Å². The minimum absolute atomic E-state index is 0.340. The fourth-order valence-electron chi connectivity index (χ4n) is 3.79. The number of thiophene rings is 1. The smallest absolute Gasteiger partial charge is 0.297 e. The van der Waals surface area contributed by atoms with Gasteiger partial charge in [0.05, 0.1) is 18.9 Å². The minimum Gasteiger partial charge on any atom is -0.379 e. The summed E-state index contributed by atoms with van der Waals surface area (Å²) >= 11 is 1.58. The van der Waals surface area contributed by atoms with Gasteiger partial charge in [-0.3, -0.25) is 4.90 Å². The molecule has 1 aliphatic heterocycles. The van der Waals surface area contributed by atoms with Gasteiger partial charge in [0.15, 0.2) is 5.82 Å². The topological polar surface area (TPSA) is 38.2 Å². The van der Waals surface area contributed by atoms with Gasteiger partial charge in [-0.2, -0.15) is 0 Å². The summed E-state index contributed by atoms with van der Waals surface area (Å²) < 4.78 is 31.9. The maximum absolute atomic E-state index is 13.3. The molecule has 4 nitrogen and oxygen atoms in total. The van der Waals surface area contributed by atoms with Crippen molar-refractivity contribution in [2.45, 2.75) is 51.0 Å². The van der Waals surface area contributed by atoms with Crippen LogP contribution in [0, 0.1) is 0 Å². The first-order valence-corrected chi connectivity index (χ1v) is 9.91. The van der Waals surface area contributed by atoms with E-state index in [0.717, 1.165) is 24.2 Å². The van der Waals surface area contributed by atoms with Crippen LogP contribution in [0.5, 0.6) is 0 Å². The van der Waals surface area contributed by atoms with E-state index in [0.29, 0.717) is 30.5 Å². The average Bonchev–Trinajstić information content (AvgIpc) is 3.08. The third-order valence-electron chi connectivity index (χ3n) is 5.19. The lowest BCUT2D eigenvalue weighted by Gasteiger charge is -2.26. The highest BCUT2D eigenvalue weighted by molar-refractivity contribution is 7.18. The van der Waals surface area contributed by atoms with Crippen molar-refractivity contribution >= 4 is 21.6 Å². The van der Waals surface area contributed by atoms with E-state index in [9.17, 15) is 8.78 Å². The van der Waals surface area contributed by atoms with Crippen LogP contribution in [0.25, 0.3) is 10.2 Å². The number of ether oxygens (including phenoxy) is 1. The van der Waals surface area contributed by atoms with E-state index in [1.54, 1.807) is 11.3 Å². The van der Waals surface area contributed by atoms with E-state index in [-0.39, 0.29) is 5.82 Å². The molecule has 0 atom stereocenters. The summed E-state index contributed by atoms with van der Waals surface area (Å²) in [4.78, 5) is 12.6. The molecule has 1 aliphatic carbocycles. The van der Waals surface area contributed by atoms with E-state index >= 15 is 0 Å². The molecule has 1 saturated carbocycles. The normalized spacial score (nSPS) is 20.6. The van der Waals surface area contributed by atoms with Crippen LogP contribution in [0.3, 0.4) is 0 Å². The summed E-state index contributed by atoms with van der Waals surface area (Å²) in [6.07, 6.45) is 3.58. The Morgan fingerprint density at radius 3 is 2.64 bits per heavy atom. The molecule has 0 radical (unpaired) electrons. The highest BCUT2D eigenvalue weighted by Crippen LogP contribution is 2.39. The predicted octanol–water partition coefficient (Wildman–Crippen LogP) is 4.51. The summed E-state index contributed by atoms with van der Waals surface area (Å²) in [7, 11) is 0. The molecule has 4 rings (SSSR count). The van der Waals surface area contributed by atoms with Crippen LogP contribution in [0.1, 0.15) is 60.8 Å². The van der Waals surface area contributed by atoms with Gasteiger partial charge < -0.3 is 4.74 Å². The number of fused-ring (bicyclic) bond motifs is 1. The van der Waals surface area contributed by atoms with Gasteiger partial charge in [-0.1, -0.05) is 19.3 Å². The van der Waals surface area contributed by atoms with E-state index in [2.05, 4.69) is 20.9 Å². The van der Waals surface area contributed by atoms with Crippen molar-refractivity contribution in [1.82, 2.24) is 14.9 Å². The zero-order valence-corrected chi connectivity index (χ0v) is 15.0. The van der Waals surface area contributed by atoms with Crippen LogP contribution >= 0.6 is 11.3 Å². The highest BCUT2D eigenvalue weighted by atomic mass is 32.1. The molecule has 1 saturated heterocycles. The van der Waals surface area contributed by atoms with Crippen LogP contribution in [-0.2, 0) is 11.3 Å². The predicted molar refractivity (Wildman–Crippen MR) is 94.3 cm³/mol. The first-order chi connectivity index (χ1) is 12.2. The summed E-state index contributed by atoms with van der Waals surface area (Å²) in [5.41, 5.74) is 0.737. The second kappa shape index (κ2) is 7.60. The number of rotatable bonds is 4. The van der Waals surface area contributed by atoms with Crippen LogP contribution in [0.2, 0.25) is 0 Å². The Labute approximate surface area is 150 Å². The molecule has 7 heteroatoms. The number of aromatic nitrogens is 2. The second-order valence-electron chi connectivity index (χ2n) is 6.92. The molecule has 2 aliphatic rings. The van der Waals surface area contributed by atoms with Gasteiger partial charge in [-0.05, 0) is 24.8 Å². The molecule has 0 amide bonds. The Morgan fingerprint density at radius 1 is 1.16 bits per heavy atom. The fourth-order valence-corrected chi connectivity index (χ4v) is 5.02. The lowest BCUT2D eigenvalue weighted by atomic mass is 9.88. The summed E-state index contributed by atoms with van der Waals surface area (Å²) in [6, 6.07) is 2.17. The number of morpholine rings is 1. The number of hydrogen-bond donors (Lipinski definition) is 0. The summed E-state index contributed by atoms with van der Waals surface area (Å²) in [5.74, 6) is 0.215. The van der Waals surface area contributed by atoms with Crippen LogP contribution in [0.4, 0.5) is 8.78 Å². The lowest BCUT2D eigenvalue weighted by Crippen LogP contribution is -2.36. The molecule has 3 heterocycles. The molecule has 2 fully saturated rings. The molecule has 2 aromatic heterocycles. The largest absolute Gasteiger partial charge is 0.379 e. The second-order valence-corrected chi connectivity index (χ2v) is 7.98. The fraction of sp³-hybridized carbons (Fsp3) is 0.667. The first kappa shape index (κ1) is 17.2. The van der Waals surface area contributed by atoms with Crippen molar-refractivity contribution in [1.29, 1.82) is 0 Å². The van der Waals surface area contributed by atoms with Crippen molar-refractivity contribution < 1.29 is 13.5 Å². The third-order valence-corrected chi connectivity index (χ3v) is 6.38. The van der Waals surface area contributed by atoms with Gasteiger partial charge in [-0.25, -0.2) is 18.7 Å². The maximum atomic E-state index is 13.3. The Morgan fingerprint density at radius 2 is 1.92 bits per heavy atom. The van der Waals surface area contributed by atoms with Crippen molar-refractivity contribution in [2.24, 2.45) is 0 Å². The van der Waals surface area contributed by atoms with Gasteiger partial charge in [0.2, 0.25) is 0 Å². The Balaban J connectivity index is 1.69. The van der Waals surface area contributed by atoms with Crippen molar-refractivity contribution in [3.05, 3.63) is 22.5 Å². The zero-order valence-electron chi connectivity index (χ0n) is 14.2. The summed E-state index contributed by atoms with van der Waals surface area (Å²) in [5, 5.41) is 0.960. The highest BCUT2D eigenvalue weighted by Gasteiger charge is 2.23. The van der Waals surface area contributed by atoms with Crippen molar-refractivity contribution in [3.8, 4) is 0 Å². The molecule has 2 aromatic rings. The molecule has 136 valence electrons. The van der Waals surface area contributed by atoms with Crippen LogP contribution in [0.15, 0.2) is 6.07 Å². The van der Waals surface area contributed by atoms with Crippen LogP contribution < -0.4 is 0 Å². The molecule has 0 spiro atoms. The SMILES string of the molecule is FC(F)c1nc(CN2CCOCC2)c2cc(C3CCCCC3)sc2n1. The van der Waals surface area contributed by atoms with E-state index in [1.807, 2.05) is 0 Å². The Kier molecular flexibility index (Phi) is 5.24. The van der Waals surface area contributed by atoms with E-state index < -0.39 is 6.43 Å². The maximum Gasteiger partial charge on any atom is 0.297 e. The van der Waals surface area contributed by atoms with Crippen molar-refractivity contribution in [3.63, 3.8) is 0 Å². The van der Waals surface area contributed by atoms with Gasteiger partial charge in [0.25, 0.3) is 6.43 Å². The zero-order chi connectivity index (χ0) is 17.2. The van der Waals surface area contributed by atoms with Gasteiger partial charge in [-0.15, -0.1) is 11.3 Å². The minimum atomic E-state index is -2.63. The van der Waals surface area contributed by atoms with Gasteiger partial charge in [0, 0.05) is 29.9 Å². The molecule has 0 bridgehead atoms. The monoisotopic (exact) mass is 367 g/mol. The third kappa shape index (κ3) is 3.83. The first-order valence-electron chi connectivity index (χ1n) is 9.09. The Hall–Kier alpha value is -1.18. The molecule has 0 N–H and O–H groups in total. The van der Waals surface area contributed by atoms with Gasteiger partial charge >= 0.3 is 0 Å². The quantitative estimate of drug-likeness (QED) is 0.797. The Bertz CT molecular complexity index is 724. The van der Waals surface area contributed by atoms with E-state index in [1.165, 1.54) is 37.0 Å². The molecular formula is C18H23F2N3OS. The standard InChI is InChI=1S/C18H23F2N3OS/c19-16(20)17-21-14(11-23-6-8-24-9-7-23)13-10-15(25-18(13)22-17)12-4-2-1-3-5-12/h10,12,16H,1-9,11H2. The number of halogens is 2. The number of hydrogen-bond acceptors (Lipinski definition) is 5. The average molecular weight is 367 g/mol. The number of alkyl halides is 2. The lowest BCUT2D eigenvalue weighted by molar-refractivity contribution is 0.0337. The van der Waals surface area contributed by atoms with Crippen LogP contribution in [-0.4, -0.2) is 41.2 Å². The van der Waals surface area contributed by atoms with Crippen molar-refractivity contribution in [2.75, 3.05) is 26.3 Å². The molecule has 25 heavy (non-hydrogen) atoms. The van der Waals surface area contributed by atoms with E-state index in [4.69, 9.17) is 4.74 Å². The molecule has 0 unspecified atom stereocenters.